The summed E-state index contributed by atoms with van der Waals surface area (Å²) in [6.45, 7) is 2.05. The Labute approximate surface area is 132 Å². The molecule has 0 unspecified atom stereocenters. The smallest absolute Gasteiger partial charge is 0.247 e. The van der Waals surface area contributed by atoms with Crippen molar-refractivity contribution in [2.75, 3.05) is 13.2 Å². The Morgan fingerprint density at radius 2 is 1.91 bits per heavy atom. The number of hydrogen-bond donors (Lipinski definition) is 2. The zero-order valence-electron chi connectivity index (χ0n) is 11.7. The molecule has 1 aromatic carbocycles. The molecule has 0 aliphatic carbocycles. The lowest BCUT2D eigenvalue weighted by Gasteiger charge is -2.21. The molecule has 6 nitrogen and oxygen atoms in total. The van der Waals surface area contributed by atoms with Gasteiger partial charge in [-0.3, -0.25) is 0 Å². The molecule has 2 aromatic rings. The van der Waals surface area contributed by atoms with Crippen molar-refractivity contribution in [1.82, 2.24) is 5.32 Å². The lowest BCUT2D eigenvalue weighted by Crippen LogP contribution is -2.20. The maximum Gasteiger partial charge on any atom is 0.247 e. The summed E-state index contributed by atoms with van der Waals surface area (Å²) in [6, 6.07) is 7.49. The van der Waals surface area contributed by atoms with Crippen molar-refractivity contribution < 1.29 is 17.9 Å². The molecule has 0 spiro atoms. The molecule has 8 heteroatoms. The first kappa shape index (κ1) is 15.3. The predicted octanol–water partition coefficient (Wildman–Crippen LogP) is 1.46. The molecule has 0 fully saturated rings. The summed E-state index contributed by atoms with van der Waals surface area (Å²) in [7, 11) is -3.67. The number of benzene rings is 1. The van der Waals surface area contributed by atoms with Gasteiger partial charge in [0.25, 0.3) is 0 Å². The summed E-state index contributed by atoms with van der Waals surface area (Å²) in [5, 5.41) is 10.1. The number of nitrogens with two attached hydrogens (primary N) is 1. The van der Waals surface area contributed by atoms with E-state index in [1.54, 1.807) is 11.4 Å². The molecule has 0 radical (unpaired) electrons. The van der Waals surface area contributed by atoms with Gasteiger partial charge in [0.1, 0.15) is 17.4 Å². The van der Waals surface area contributed by atoms with Crippen LogP contribution in [0.25, 0.3) is 0 Å². The third-order valence-corrected chi connectivity index (χ3v) is 5.76. The first-order chi connectivity index (χ1) is 10.6. The molecule has 3 N–H and O–H groups in total. The van der Waals surface area contributed by atoms with Gasteiger partial charge in [0.05, 0.1) is 0 Å². The fourth-order valence-corrected chi connectivity index (χ4v) is 4.16. The van der Waals surface area contributed by atoms with Gasteiger partial charge in [0, 0.05) is 18.7 Å². The number of thiophene rings is 1. The van der Waals surface area contributed by atoms with Crippen LogP contribution in [-0.2, 0) is 23.1 Å². The lowest BCUT2D eigenvalue weighted by atomic mass is 10.1. The Morgan fingerprint density at radius 3 is 2.73 bits per heavy atom. The van der Waals surface area contributed by atoms with Gasteiger partial charge in [0.2, 0.25) is 10.0 Å². The number of sulfonamides is 1. The Bertz CT molecular complexity index is 771. The molecular formula is C14H16N2O4S2. The van der Waals surface area contributed by atoms with E-state index in [9.17, 15) is 8.42 Å². The number of primary sulfonamides is 1. The normalized spacial score (nSPS) is 14.0. The third-order valence-electron chi connectivity index (χ3n) is 3.24. The highest BCUT2D eigenvalue weighted by atomic mass is 32.2. The molecule has 3 rings (SSSR count). The van der Waals surface area contributed by atoms with Crippen LogP contribution >= 0.6 is 11.3 Å². The molecule has 0 atom stereocenters. The topological polar surface area (TPSA) is 90.7 Å². The minimum atomic E-state index is -3.67. The van der Waals surface area contributed by atoms with Crippen LogP contribution in [0.3, 0.4) is 0 Å². The van der Waals surface area contributed by atoms with Gasteiger partial charge in [-0.2, -0.15) is 0 Å². The van der Waals surface area contributed by atoms with E-state index >= 15 is 0 Å². The van der Waals surface area contributed by atoms with Gasteiger partial charge in [-0.1, -0.05) is 12.1 Å². The number of fused-ring (bicyclic) bond motifs is 1. The number of ether oxygens (including phenoxy) is 2. The van der Waals surface area contributed by atoms with Crippen LogP contribution in [-0.4, -0.2) is 21.6 Å². The van der Waals surface area contributed by atoms with Crippen LogP contribution in [0.5, 0.6) is 11.5 Å². The zero-order valence-corrected chi connectivity index (χ0v) is 13.4. The van der Waals surface area contributed by atoms with Crippen molar-refractivity contribution >= 4 is 21.4 Å². The fourth-order valence-electron chi connectivity index (χ4n) is 2.31. The van der Waals surface area contributed by atoms with E-state index in [4.69, 9.17) is 14.6 Å². The number of nitrogens with one attached hydrogen (secondary N) is 1. The third kappa shape index (κ3) is 3.25. The van der Waals surface area contributed by atoms with Crippen molar-refractivity contribution in [3.05, 3.63) is 40.8 Å². The van der Waals surface area contributed by atoms with E-state index in [1.807, 2.05) is 18.2 Å². The Hall–Kier alpha value is -1.61. The average molecular weight is 340 g/mol. The maximum absolute atomic E-state index is 11.5. The van der Waals surface area contributed by atoms with E-state index in [1.165, 1.54) is 0 Å². The molecule has 1 aromatic heterocycles. The summed E-state index contributed by atoms with van der Waals surface area (Å²) < 4.78 is 34.3. The van der Waals surface area contributed by atoms with E-state index in [0.717, 1.165) is 28.4 Å². The molecule has 1 aliphatic heterocycles. The maximum atomic E-state index is 11.5. The minimum Gasteiger partial charge on any atom is -0.486 e. The van der Waals surface area contributed by atoms with Crippen LogP contribution in [0.1, 0.15) is 11.1 Å². The first-order valence-electron chi connectivity index (χ1n) is 6.73. The second-order valence-electron chi connectivity index (χ2n) is 4.82. The number of para-hydroxylation sites is 1. The largest absolute Gasteiger partial charge is 0.486 e. The van der Waals surface area contributed by atoms with Crippen molar-refractivity contribution in [1.29, 1.82) is 0 Å². The molecule has 0 saturated heterocycles. The van der Waals surface area contributed by atoms with E-state index in [-0.39, 0.29) is 4.21 Å². The summed E-state index contributed by atoms with van der Waals surface area (Å²) in [6.07, 6.45) is 0. The van der Waals surface area contributed by atoms with Crippen molar-refractivity contribution in [2.24, 2.45) is 5.14 Å². The molecular weight excluding hydrogens is 324 g/mol. The summed E-state index contributed by atoms with van der Waals surface area (Å²) in [5.41, 5.74) is 1.65. The number of hydrogen-bond acceptors (Lipinski definition) is 6. The molecule has 0 saturated carbocycles. The predicted molar refractivity (Wildman–Crippen MR) is 83.7 cm³/mol. The molecule has 1 aliphatic rings. The van der Waals surface area contributed by atoms with Gasteiger partial charge < -0.3 is 14.8 Å². The second kappa shape index (κ2) is 6.25. The fraction of sp³-hybridized carbons (Fsp3) is 0.286. The average Bonchev–Trinajstić information content (AvgIpc) is 2.96. The first-order valence-corrected chi connectivity index (χ1v) is 9.15. The van der Waals surface area contributed by atoms with Crippen LogP contribution in [0, 0.1) is 0 Å². The van der Waals surface area contributed by atoms with E-state index < -0.39 is 10.0 Å². The van der Waals surface area contributed by atoms with Crippen LogP contribution in [0.2, 0.25) is 0 Å². The molecule has 0 bridgehead atoms. The van der Waals surface area contributed by atoms with Crippen molar-refractivity contribution in [2.45, 2.75) is 17.3 Å². The molecule has 118 valence electrons. The van der Waals surface area contributed by atoms with Crippen molar-refractivity contribution in [3.8, 4) is 11.5 Å². The Kier molecular flexibility index (Phi) is 4.34. The summed E-state index contributed by atoms with van der Waals surface area (Å²) in [4.78, 5) is 0. The monoisotopic (exact) mass is 340 g/mol. The van der Waals surface area contributed by atoms with Gasteiger partial charge in [-0.25, -0.2) is 13.6 Å². The highest BCUT2D eigenvalue weighted by Gasteiger charge is 2.17. The van der Waals surface area contributed by atoms with Gasteiger partial charge in [0.15, 0.2) is 11.5 Å². The Balaban J connectivity index is 1.69. The van der Waals surface area contributed by atoms with Crippen LogP contribution < -0.4 is 19.9 Å². The number of rotatable bonds is 5. The van der Waals surface area contributed by atoms with Gasteiger partial charge in [-0.05, 0) is 23.1 Å². The van der Waals surface area contributed by atoms with E-state index in [0.29, 0.717) is 31.9 Å². The minimum absolute atomic E-state index is 0.203. The second-order valence-corrected chi connectivity index (χ2v) is 7.50. The molecule has 2 heterocycles. The standard InChI is InChI=1S/C14H16N2O4S2/c15-22(17,18)14-11(4-7-21-14)9-16-8-10-2-1-3-12-13(10)20-6-5-19-12/h1-4,7,16H,5-6,8-9H2,(H2,15,17,18). The lowest BCUT2D eigenvalue weighted by molar-refractivity contribution is 0.169. The van der Waals surface area contributed by atoms with E-state index in [2.05, 4.69) is 5.32 Å². The van der Waals surface area contributed by atoms with Crippen LogP contribution in [0.15, 0.2) is 33.9 Å². The summed E-state index contributed by atoms with van der Waals surface area (Å²) >= 11 is 1.13. The summed E-state index contributed by atoms with van der Waals surface area (Å²) in [5.74, 6) is 1.49. The Morgan fingerprint density at radius 1 is 1.14 bits per heavy atom. The molecule has 22 heavy (non-hydrogen) atoms. The zero-order chi connectivity index (χ0) is 15.6. The molecule has 0 amide bonds. The SMILES string of the molecule is NS(=O)(=O)c1sccc1CNCc1cccc2c1OCCO2. The van der Waals surface area contributed by atoms with Gasteiger partial charge >= 0.3 is 0 Å². The highest BCUT2D eigenvalue weighted by molar-refractivity contribution is 7.91. The van der Waals surface area contributed by atoms with Gasteiger partial charge in [-0.15, -0.1) is 11.3 Å². The highest BCUT2D eigenvalue weighted by Crippen LogP contribution is 2.33. The van der Waals surface area contributed by atoms with Crippen LogP contribution in [0.4, 0.5) is 0 Å². The quantitative estimate of drug-likeness (QED) is 0.860. The van der Waals surface area contributed by atoms with Crippen molar-refractivity contribution in [3.63, 3.8) is 0 Å².